The van der Waals surface area contributed by atoms with Crippen LogP contribution in [0, 0.1) is 0 Å². The van der Waals surface area contributed by atoms with Gasteiger partial charge in [-0.05, 0) is 48.9 Å². The minimum Gasteiger partial charge on any atom is -0.478 e. The van der Waals surface area contributed by atoms with Crippen molar-refractivity contribution in [3.05, 3.63) is 34.4 Å². The fourth-order valence-corrected chi connectivity index (χ4v) is 4.18. The van der Waals surface area contributed by atoms with Crippen molar-refractivity contribution in [3.63, 3.8) is 0 Å². The van der Waals surface area contributed by atoms with Crippen LogP contribution in [0.2, 0.25) is 0 Å². The van der Waals surface area contributed by atoms with E-state index in [-0.39, 0.29) is 11.1 Å². The van der Waals surface area contributed by atoms with Crippen LogP contribution >= 0.6 is 0 Å². The van der Waals surface area contributed by atoms with Crippen LogP contribution in [0.4, 0.5) is 0 Å². The van der Waals surface area contributed by atoms with Gasteiger partial charge in [0, 0.05) is 0 Å². The molecule has 0 saturated heterocycles. The van der Waals surface area contributed by atoms with Gasteiger partial charge in [-0.15, -0.1) is 0 Å². The summed E-state index contributed by atoms with van der Waals surface area (Å²) in [6.07, 6.45) is 17.6. The number of benzene rings is 1. The molecule has 1 rings (SSSR count). The summed E-state index contributed by atoms with van der Waals surface area (Å²) < 4.78 is 0. The van der Waals surface area contributed by atoms with E-state index in [0.717, 1.165) is 49.7 Å². The summed E-state index contributed by atoms with van der Waals surface area (Å²) in [6, 6.07) is 2.96. The highest BCUT2D eigenvalue weighted by Gasteiger charge is 2.20. The Morgan fingerprint density at radius 1 is 0.567 bits per heavy atom. The zero-order valence-electron chi connectivity index (χ0n) is 19.2. The van der Waals surface area contributed by atoms with Crippen molar-refractivity contribution < 1.29 is 19.8 Å². The molecule has 4 nitrogen and oxygen atoms in total. The van der Waals surface area contributed by atoms with Gasteiger partial charge in [0.15, 0.2) is 0 Å². The van der Waals surface area contributed by atoms with Crippen LogP contribution < -0.4 is 0 Å². The van der Waals surface area contributed by atoms with E-state index in [2.05, 4.69) is 13.8 Å². The highest BCUT2D eigenvalue weighted by atomic mass is 16.4. The van der Waals surface area contributed by atoms with Gasteiger partial charge in [0.25, 0.3) is 0 Å². The summed E-state index contributed by atoms with van der Waals surface area (Å²) in [7, 11) is 0. The molecule has 2 N–H and O–H groups in total. The Bertz CT molecular complexity index is 636. The molecule has 0 amide bonds. The second kappa shape index (κ2) is 15.9. The molecule has 0 aromatic heterocycles. The lowest BCUT2D eigenvalue weighted by atomic mass is 9.88. The maximum absolute atomic E-state index is 11.8. The Morgan fingerprint density at radius 3 is 1.17 bits per heavy atom. The van der Waals surface area contributed by atoms with Crippen molar-refractivity contribution in [1.82, 2.24) is 0 Å². The molecule has 0 saturated carbocycles. The topological polar surface area (TPSA) is 74.6 Å². The molecule has 0 aliphatic rings. The van der Waals surface area contributed by atoms with E-state index in [1.807, 2.05) is 0 Å². The molecule has 30 heavy (non-hydrogen) atoms. The molecule has 0 fully saturated rings. The number of rotatable bonds is 18. The van der Waals surface area contributed by atoms with Crippen molar-refractivity contribution in [2.45, 2.75) is 117 Å². The molecule has 0 bridgehead atoms. The number of carbonyl (C=O) groups is 2. The van der Waals surface area contributed by atoms with Gasteiger partial charge in [-0.2, -0.15) is 0 Å². The van der Waals surface area contributed by atoms with E-state index >= 15 is 0 Å². The summed E-state index contributed by atoms with van der Waals surface area (Å²) in [4.78, 5) is 23.6. The smallest absolute Gasteiger partial charge is 0.335 e. The lowest BCUT2D eigenvalue weighted by molar-refractivity contribution is 0.0679. The summed E-state index contributed by atoms with van der Waals surface area (Å²) in [5.41, 5.74) is 2.06. The molecule has 0 heterocycles. The number of carboxylic acids is 2. The van der Waals surface area contributed by atoms with Crippen LogP contribution in [-0.4, -0.2) is 22.2 Å². The second-order valence-corrected chi connectivity index (χ2v) is 8.47. The average molecular weight is 419 g/mol. The summed E-state index contributed by atoms with van der Waals surface area (Å²) in [6.45, 7) is 4.40. The van der Waals surface area contributed by atoms with E-state index in [9.17, 15) is 19.8 Å². The van der Waals surface area contributed by atoms with Crippen LogP contribution in [0.25, 0.3) is 0 Å². The molecule has 0 aliphatic carbocycles. The van der Waals surface area contributed by atoms with Gasteiger partial charge in [0.1, 0.15) is 0 Å². The number of aromatic carboxylic acids is 2. The molecule has 0 spiro atoms. The monoisotopic (exact) mass is 418 g/mol. The van der Waals surface area contributed by atoms with E-state index in [1.165, 1.54) is 63.5 Å². The molecule has 170 valence electrons. The molecule has 1 aromatic rings. The number of hydrogen-bond donors (Lipinski definition) is 2. The third-order valence-corrected chi connectivity index (χ3v) is 5.95. The quantitative estimate of drug-likeness (QED) is 0.240. The molecule has 1 aromatic carbocycles. The minimum atomic E-state index is -0.954. The van der Waals surface area contributed by atoms with Crippen LogP contribution in [0.5, 0.6) is 0 Å². The number of unbranched alkanes of at least 4 members (excludes halogenated alkanes) is 12. The lowest BCUT2D eigenvalue weighted by Gasteiger charge is -2.16. The minimum absolute atomic E-state index is 0.281. The molecular formula is C26H42O4. The highest BCUT2D eigenvalue weighted by Crippen LogP contribution is 2.25. The van der Waals surface area contributed by atoms with E-state index in [0.29, 0.717) is 12.8 Å². The Labute approximate surface area is 183 Å². The molecule has 4 heteroatoms. The van der Waals surface area contributed by atoms with E-state index in [4.69, 9.17) is 0 Å². The third-order valence-electron chi connectivity index (χ3n) is 5.95. The second-order valence-electron chi connectivity index (χ2n) is 8.47. The average Bonchev–Trinajstić information content (AvgIpc) is 2.72. The summed E-state index contributed by atoms with van der Waals surface area (Å²) >= 11 is 0. The van der Waals surface area contributed by atoms with Crippen molar-refractivity contribution >= 4 is 11.9 Å². The van der Waals surface area contributed by atoms with Gasteiger partial charge in [-0.25, -0.2) is 9.59 Å². The largest absolute Gasteiger partial charge is 0.478 e. The standard InChI is InChI=1S/C26H42O4/c1-3-5-7-9-11-12-14-16-18-22-21(17-15-13-10-8-6-4-2)23(25(27)28)19-20-24(22)26(29)30/h19-20H,3-18H2,1-2H3,(H,27,28)(H,29,30). The maximum Gasteiger partial charge on any atom is 0.335 e. The van der Waals surface area contributed by atoms with Gasteiger partial charge < -0.3 is 10.2 Å². The van der Waals surface area contributed by atoms with Gasteiger partial charge >= 0.3 is 11.9 Å². The maximum atomic E-state index is 11.8. The van der Waals surface area contributed by atoms with Crippen LogP contribution in [0.3, 0.4) is 0 Å². The predicted octanol–water partition coefficient (Wildman–Crippen LogP) is 7.67. The van der Waals surface area contributed by atoms with Crippen molar-refractivity contribution in [1.29, 1.82) is 0 Å². The van der Waals surface area contributed by atoms with Crippen molar-refractivity contribution in [3.8, 4) is 0 Å². The first-order chi connectivity index (χ1) is 14.5. The fraction of sp³-hybridized carbons (Fsp3) is 0.692. The third kappa shape index (κ3) is 9.77. The highest BCUT2D eigenvalue weighted by molar-refractivity contribution is 5.95. The SMILES string of the molecule is CCCCCCCCCCc1c(C(=O)O)ccc(C(=O)O)c1CCCCCCCC. The van der Waals surface area contributed by atoms with Crippen LogP contribution in [0.1, 0.15) is 136 Å². The molecular weight excluding hydrogens is 376 g/mol. The number of carboxylic acid groups (broad SMARTS) is 2. The van der Waals surface area contributed by atoms with Gasteiger partial charge in [0.05, 0.1) is 11.1 Å². The zero-order chi connectivity index (χ0) is 22.2. The van der Waals surface area contributed by atoms with Gasteiger partial charge in [0.2, 0.25) is 0 Å². The van der Waals surface area contributed by atoms with Crippen LogP contribution in [0.15, 0.2) is 12.1 Å². The van der Waals surface area contributed by atoms with Gasteiger partial charge in [-0.1, -0.05) is 90.9 Å². The summed E-state index contributed by atoms with van der Waals surface area (Å²) in [5.74, 6) is -1.91. The first-order valence-corrected chi connectivity index (χ1v) is 12.1. The van der Waals surface area contributed by atoms with Gasteiger partial charge in [-0.3, -0.25) is 0 Å². The Balaban J connectivity index is 2.77. The fourth-order valence-electron chi connectivity index (χ4n) is 4.18. The molecule has 0 aliphatic heterocycles. The normalized spacial score (nSPS) is 11.0. The van der Waals surface area contributed by atoms with E-state index in [1.54, 1.807) is 0 Å². The summed E-state index contributed by atoms with van der Waals surface area (Å²) in [5, 5.41) is 19.3. The predicted molar refractivity (Wildman–Crippen MR) is 124 cm³/mol. The van der Waals surface area contributed by atoms with Crippen molar-refractivity contribution in [2.24, 2.45) is 0 Å². The Hall–Kier alpha value is -1.84. The Morgan fingerprint density at radius 2 is 0.867 bits per heavy atom. The van der Waals surface area contributed by atoms with Crippen LogP contribution in [-0.2, 0) is 12.8 Å². The first kappa shape index (κ1) is 26.2. The van der Waals surface area contributed by atoms with E-state index < -0.39 is 11.9 Å². The lowest BCUT2D eigenvalue weighted by Crippen LogP contribution is -2.12. The molecule has 0 unspecified atom stereocenters. The zero-order valence-corrected chi connectivity index (χ0v) is 19.2. The molecule has 0 radical (unpaired) electrons. The number of hydrogen-bond acceptors (Lipinski definition) is 2. The molecule has 0 atom stereocenters. The Kier molecular flexibility index (Phi) is 13.9. The van der Waals surface area contributed by atoms with Crippen molar-refractivity contribution in [2.75, 3.05) is 0 Å². The first-order valence-electron chi connectivity index (χ1n) is 12.1.